The van der Waals surface area contributed by atoms with E-state index >= 15 is 0 Å². The van der Waals surface area contributed by atoms with Crippen molar-refractivity contribution in [2.24, 2.45) is 5.92 Å². The van der Waals surface area contributed by atoms with Gasteiger partial charge in [-0.2, -0.15) is 5.10 Å². The molecule has 21 heavy (non-hydrogen) atoms. The minimum Gasteiger partial charge on any atom is -0.356 e. The highest BCUT2D eigenvalue weighted by Gasteiger charge is 2.15. The molecule has 1 atom stereocenters. The monoisotopic (exact) mass is 314 g/mol. The highest BCUT2D eigenvalue weighted by Crippen LogP contribution is 2.13. The average molecular weight is 315 g/mol. The largest absolute Gasteiger partial charge is 0.356 e. The van der Waals surface area contributed by atoms with Gasteiger partial charge in [0.1, 0.15) is 0 Å². The number of nitrogens with zero attached hydrogens (tertiary/aromatic N) is 2. The van der Waals surface area contributed by atoms with Crippen molar-refractivity contribution in [2.45, 2.75) is 46.1 Å². The van der Waals surface area contributed by atoms with Crippen LogP contribution in [-0.2, 0) is 11.3 Å². The van der Waals surface area contributed by atoms with E-state index in [2.05, 4.69) is 28.7 Å². The Bertz CT molecular complexity index is 441. The Morgan fingerprint density at radius 3 is 2.95 bits per heavy atom. The third-order valence-corrected chi connectivity index (χ3v) is 3.91. The summed E-state index contributed by atoms with van der Waals surface area (Å²) in [6.07, 6.45) is 3.81. The molecule has 1 aromatic heterocycles. The second-order valence-electron chi connectivity index (χ2n) is 5.75. The first kappa shape index (κ1) is 18.0. The zero-order chi connectivity index (χ0) is 14.4. The van der Waals surface area contributed by atoms with Crippen LogP contribution < -0.4 is 10.6 Å². The van der Waals surface area contributed by atoms with Crippen molar-refractivity contribution in [2.75, 3.05) is 19.6 Å². The van der Waals surface area contributed by atoms with Crippen LogP contribution in [0.1, 0.15) is 37.1 Å². The van der Waals surface area contributed by atoms with Crippen LogP contribution >= 0.6 is 12.4 Å². The second kappa shape index (κ2) is 9.05. The fourth-order valence-corrected chi connectivity index (χ4v) is 2.74. The number of carbonyl (C=O) groups is 1. The predicted octanol–water partition coefficient (Wildman–Crippen LogP) is 1.82. The van der Waals surface area contributed by atoms with Crippen molar-refractivity contribution >= 4 is 18.3 Å². The molecule has 1 aromatic rings. The number of halogens is 1. The van der Waals surface area contributed by atoms with Crippen LogP contribution in [-0.4, -0.2) is 35.3 Å². The summed E-state index contributed by atoms with van der Waals surface area (Å²) in [5, 5.41) is 10.7. The zero-order valence-electron chi connectivity index (χ0n) is 13.0. The predicted molar refractivity (Wildman–Crippen MR) is 86.8 cm³/mol. The number of rotatable bonds is 7. The van der Waals surface area contributed by atoms with Gasteiger partial charge in [-0.3, -0.25) is 9.48 Å². The third-order valence-electron chi connectivity index (χ3n) is 3.91. The summed E-state index contributed by atoms with van der Waals surface area (Å²) in [5.74, 6) is 0.876. The molecule has 0 bridgehead atoms. The van der Waals surface area contributed by atoms with Crippen LogP contribution in [0.4, 0.5) is 0 Å². The van der Waals surface area contributed by atoms with E-state index < -0.39 is 0 Å². The summed E-state index contributed by atoms with van der Waals surface area (Å²) in [6.45, 7) is 7.85. The van der Waals surface area contributed by atoms with Crippen LogP contribution in [0.5, 0.6) is 0 Å². The van der Waals surface area contributed by atoms with Gasteiger partial charge in [-0.1, -0.05) is 0 Å². The molecule has 1 unspecified atom stereocenters. The van der Waals surface area contributed by atoms with Gasteiger partial charge in [-0.25, -0.2) is 0 Å². The van der Waals surface area contributed by atoms with Gasteiger partial charge in [0, 0.05) is 25.2 Å². The third kappa shape index (κ3) is 6.06. The molecule has 2 heterocycles. The number of amides is 1. The maximum absolute atomic E-state index is 11.7. The molecule has 5 nitrogen and oxygen atoms in total. The summed E-state index contributed by atoms with van der Waals surface area (Å²) in [6, 6.07) is 2.08. The van der Waals surface area contributed by atoms with Crippen LogP contribution in [0, 0.1) is 19.8 Å². The lowest BCUT2D eigenvalue weighted by Crippen LogP contribution is -2.26. The lowest BCUT2D eigenvalue weighted by molar-refractivity contribution is -0.121. The van der Waals surface area contributed by atoms with E-state index in [4.69, 9.17) is 0 Å². The molecule has 1 fully saturated rings. The lowest BCUT2D eigenvalue weighted by Gasteiger charge is -2.09. The first-order valence-electron chi connectivity index (χ1n) is 7.63. The summed E-state index contributed by atoms with van der Waals surface area (Å²) >= 11 is 0. The Morgan fingerprint density at radius 1 is 1.52 bits per heavy atom. The quantitative estimate of drug-likeness (QED) is 0.755. The molecule has 1 aliphatic heterocycles. The van der Waals surface area contributed by atoms with Crippen LogP contribution in [0.3, 0.4) is 0 Å². The minimum absolute atomic E-state index is 0. The highest BCUT2D eigenvalue weighted by molar-refractivity contribution is 5.85. The molecule has 0 radical (unpaired) electrons. The number of carbonyl (C=O) groups excluding carboxylic acids is 1. The van der Waals surface area contributed by atoms with Gasteiger partial charge in [0.2, 0.25) is 5.91 Å². The summed E-state index contributed by atoms with van der Waals surface area (Å²) < 4.78 is 2.01. The van der Waals surface area contributed by atoms with Crippen LogP contribution in [0.15, 0.2) is 6.07 Å². The van der Waals surface area contributed by atoms with Gasteiger partial charge < -0.3 is 10.6 Å². The zero-order valence-corrected chi connectivity index (χ0v) is 13.8. The van der Waals surface area contributed by atoms with E-state index in [1.54, 1.807) is 0 Å². The smallest absolute Gasteiger partial charge is 0.220 e. The standard InChI is InChI=1S/C15H26N4O.ClH/c1-12-10-13(2)19(18-12)9-3-7-17-15(20)5-4-14-6-8-16-11-14;/h10,14,16H,3-9,11H2,1-2H3,(H,17,20);1H. The molecule has 1 aliphatic rings. The molecule has 1 saturated heterocycles. The first-order valence-corrected chi connectivity index (χ1v) is 7.63. The molecular weight excluding hydrogens is 288 g/mol. The van der Waals surface area contributed by atoms with Crippen molar-refractivity contribution in [3.8, 4) is 0 Å². The lowest BCUT2D eigenvalue weighted by atomic mass is 10.0. The van der Waals surface area contributed by atoms with Gasteiger partial charge in [-0.05, 0) is 58.2 Å². The van der Waals surface area contributed by atoms with Gasteiger partial charge in [0.15, 0.2) is 0 Å². The molecule has 2 N–H and O–H groups in total. The fourth-order valence-electron chi connectivity index (χ4n) is 2.74. The SMILES string of the molecule is Cc1cc(C)n(CCCNC(=O)CCC2CCNC2)n1.Cl. The van der Waals surface area contributed by atoms with E-state index in [0.717, 1.165) is 44.7 Å². The van der Waals surface area contributed by atoms with Crippen LogP contribution in [0.2, 0.25) is 0 Å². The Kier molecular flexibility index (Phi) is 7.75. The highest BCUT2D eigenvalue weighted by atomic mass is 35.5. The number of hydrogen-bond donors (Lipinski definition) is 2. The van der Waals surface area contributed by atoms with E-state index in [-0.39, 0.29) is 18.3 Å². The molecular formula is C15H27ClN4O. The Morgan fingerprint density at radius 2 is 2.33 bits per heavy atom. The summed E-state index contributed by atoms with van der Waals surface area (Å²) in [7, 11) is 0. The minimum atomic E-state index is 0. The second-order valence-corrected chi connectivity index (χ2v) is 5.75. The van der Waals surface area contributed by atoms with E-state index in [1.807, 2.05) is 11.6 Å². The molecule has 0 saturated carbocycles. The van der Waals surface area contributed by atoms with Gasteiger partial charge in [0.25, 0.3) is 0 Å². The number of aryl methyl sites for hydroxylation is 3. The number of aromatic nitrogens is 2. The number of nitrogens with one attached hydrogen (secondary N) is 2. The van der Waals surface area contributed by atoms with Crippen molar-refractivity contribution in [3.05, 3.63) is 17.5 Å². The molecule has 2 rings (SSSR count). The van der Waals surface area contributed by atoms with Gasteiger partial charge in [0.05, 0.1) is 5.69 Å². The summed E-state index contributed by atoms with van der Waals surface area (Å²) in [4.78, 5) is 11.7. The maximum atomic E-state index is 11.7. The Balaban J connectivity index is 0.00000220. The van der Waals surface area contributed by atoms with E-state index in [0.29, 0.717) is 12.3 Å². The maximum Gasteiger partial charge on any atom is 0.220 e. The molecule has 0 spiro atoms. The van der Waals surface area contributed by atoms with Crippen LogP contribution in [0.25, 0.3) is 0 Å². The van der Waals surface area contributed by atoms with Crippen molar-refractivity contribution in [1.82, 2.24) is 20.4 Å². The van der Waals surface area contributed by atoms with Crippen molar-refractivity contribution in [3.63, 3.8) is 0 Å². The van der Waals surface area contributed by atoms with Gasteiger partial charge in [-0.15, -0.1) is 12.4 Å². The molecule has 6 heteroatoms. The number of hydrogen-bond acceptors (Lipinski definition) is 3. The molecule has 0 aliphatic carbocycles. The van der Waals surface area contributed by atoms with Crippen molar-refractivity contribution < 1.29 is 4.79 Å². The fraction of sp³-hybridized carbons (Fsp3) is 0.733. The van der Waals surface area contributed by atoms with Gasteiger partial charge >= 0.3 is 0 Å². The molecule has 120 valence electrons. The Labute approximate surface area is 133 Å². The Hall–Kier alpha value is -1.07. The normalized spacial score (nSPS) is 17.5. The molecule has 1 amide bonds. The summed E-state index contributed by atoms with van der Waals surface area (Å²) in [5.41, 5.74) is 2.24. The van der Waals surface area contributed by atoms with E-state index in [9.17, 15) is 4.79 Å². The van der Waals surface area contributed by atoms with E-state index in [1.165, 1.54) is 12.1 Å². The van der Waals surface area contributed by atoms with Crippen molar-refractivity contribution in [1.29, 1.82) is 0 Å². The topological polar surface area (TPSA) is 59.0 Å². The molecule has 0 aromatic carbocycles. The average Bonchev–Trinajstić information content (AvgIpc) is 3.02. The first-order chi connectivity index (χ1) is 9.65.